The monoisotopic (exact) mass is 395 g/mol. The number of rotatable bonds is 10. The van der Waals surface area contributed by atoms with E-state index >= 15 is 0 Å². The molecule has 1 fully saturated rings. The summed E-state index contributed by atoms with van der Waals surface area (Å²) in [6.45, 7) is 5.43. The Morgan fingerprint density at radius 1 is 1.14 bits per heavy atom. The van der Waals surface area contributed by atoms with E-state index < -0.39 is 0 Å². The average Bonchev–Trinajstić information content (AvgIpc) is 3.18. The highest BCUT2D eigenvalue weighted by molar-refractivity contribution is 5.79. The summed E-state index contributed by atoms with van der Waals surface area (Å²) in [5, 5.41) is 16.1. The van der Waals surface area contributed by atoms with E-state index in [0.717, 1.165) is 25.1 Å². The van der Waals surface area contributed by atoms with Gasteiger partial charge < -0.3 is 34.7 Å². The first-order valence-electron chi connectivity index (χ1n) is 9.61. The summed E-state index contributed by atoms with van der Waals surface area (Å²) in [7, 11) is 4.82. The highest BCUT2D eigenvalue weighted by Crippen LogP contribution is 2.35. The fraction of sp³-hybridized carbons (Fsp3) is 0.650. The van der Waals surface area contributed by atoms with Crippen molar-refractivity contribution in [2.75, 3.05) is 54.2 Å². The van der Waals surface area contributed by atoms with Gasteiger partial charge in [0.2, 0.25) is 0 Å². The number of ether oxygens (including phenoxy) is 4. The number of guanidine groups is 1. The Kier molecular flexibility index (Phi) is 8.66. The molecule has 1 saturated heterocycles. The third-order valence-corrected chi connectivity index (χ3v) is 5.00. The normalized spacial score (nSPS) is 19.4. The van der Waals surface area contributed by atoms with Gasteiger partial charge in [-0.05, 0) is 25.8 Å². The maximum Gasteiger partial charge on any atom is 0.191 e. The highest BCUT2D eigenvalue weighted by Gasteiger charge is 2.34. The van der Waals surface area contributed by atoms with Crippen LogP contribution in [-0.2, 0) is 11.3 Å². The molecule has 3 N–H and O–H groups in total. The van der Waals surface area contributed by atoms with Crippen molar-refractivity contribution in [3.63, 3.8) is 0 Å². The van der Waals surface area contributed by atoms with Gasteiger partial charge in [-0.25, -0.2) is 4.99 Å². The van der Waals surface area contributed by atoms with Gasteiger partial charge in [0.25, 0.3) is 0 Å². The molecular formula is C20H33N3O5. The van der Waals surface area contributed by atoms with Crippen LogP contribution in [0.4, 0.5) is 0 Å². The molecular weight excluding hydrogens is 362 g/mol. The molecule has 0 spiro atoms. The number of aliphatic imine (C=N–C) groups is 1. The van der Waals surface area contributed by atoms with E-state index in [1.54, 1.807) is 27.4 Å². The number of hydrogen-bond donors (Lipinski definition) is 3. The summed E-state index contributed by atoms with van der Waals surface area (Å²) >= 11 is 0. The molecule has 0 saturated carbocycles. The smallest absolute Gasteiger partial charge is 0.191 e. The Hall–Kier alpha value is -2.19. The molecule has 8 nitrogen and oxygen atoms in total. The van der Waals surface area contributed by atoms with Gasteiger partial charge in [0, 0.05) is 43.3 Å². The van der Waals surface area contributed by atoms with Crippen molar-refractivity contribution < 1.29 is 24.1 Å². The van der Waals surface area contributed by atoms with Crippen LogP contribution in [0.3, 0.4) is 0 Å². The van der Waals surface area contributed by atoms with E-state index in [1.165, 1.54) is 0 Å². The lowest BCUT2D eigenvalue weighted by Crippen LogP contribution is -2.44. The Morgan fingerprint density at radius 2 is 1.86 bits per heavy atom. The molecule has 1 aromatic carbocycles. The maximum absolute atomic E-state index is 9.40. The second-order valence-electron chi connectivity index (χ2n) is 6.84. The first-order valence-corrected chi connectivity index (χ1v) is 9.61. The number of methoxy groups -OCH3 is 3. The summed E-state index contributed by atoms with van der Waals surface area (Å²) in [4.78, 5) is 4.69. The van der Waals surface area contributed by atoms with Crippen LogP contribution in [0.1, 0.15) is 25.3 Å². The quantitative estimate of drug-likeness (QED) is 0.409. The Morgan fingerprint density at radius 3 is 2.43 bits per heavy atom. The van der Waals surface area contributed by atoms with E-state index in [1.807, 2.05) is 13.0 Å². The van der Waals surface area contributed by atoms with E-state index in [4.69, 9.17) is 23.9 Å². The lowest BCUT2D eigenvalue weighted by atomic mass is 9.84. The summed E-state index contributed by atoms with van der Waals surface area (Å²) in [5.74, 6) is 2.66. The van der Waals surface area contributed by atoms with Crippen molar-refractivity contribution >= 4 is 5.96 Å². The van der Waals surface area contributed by atoms with Gasteiger partial charge in [0.05, 0.1) is 34.5 Å². The number of aliphatic hydroxyl groups is 1. The van der Waals surface area contributed by atoms with Crippen molar-refractivity contribution in [1.29, 1.82) is 0 Å². The molecule has 0 amide bonds. The van der Waals surface area contributed by atoms with Crippen LogP contribution in [0.15, 0.2) is 17.1 Å². The van der Waals surface area contributed by atoms with Crippen molar-refractivity contribution in [1.82, 2.24) is 10.6 Å². The van der Waals surface area contributed by atoms with E-state index in [9.17, 15) is 5.11 Å². The van der Waals surface area contributed by atoms with Crippen LogP contribution in [0.5, 0.6) is 17.2 Å². The molecule has 0 aromatic heterocycles. The Labute approximate surface area is 167 Å². The summed E-state index contributed by atoms with van der Waals surface area (Å²) < 4.78 is 21.8. The summed E-state index contributed by atoms with van der Waals surface area (Å²) in [6, 6.07) is 3.68. The minimum atomic E-state index is -0.0496. The molecule has 8 heteroatoms. The zero-order valence-electron chi connectivity index (χ0n) is 17.3. The molecule has 28 heavy (non-hydrogen) atoms. The largest absolute Gasteiger partial charge is 0.496 e. The van der Waals surface area contributed by atoms with Gasteiger partial charge in [-0.1, -0.05) is 0 Å². The minimum Gasteiger partial charge on any atom is -0.496 e. The third kappa shape index (κ3) is 5.65. The lowest BCUT2D eigenvalue weighted by molar-refractivity contribution is 0.127. The predicted molar refractivity (Wildman–Crippen MR) is 108 cm³/mol. The molecule has 2 rings (SSSR count). The maximum atomic E-state index is 9.40. The third-order valence-electron chi connectivity index (χ3n) is 5.00. The van der Waals surface area contributed by atoms with Gasteiger partial charge >= 0.3 is 0 Å². The van der Waals surface area contributed by atoms with E-state index in [-0.39, 0.29) is 12.0 Å². The zero-order chi connectivity index (χ0) is 20.4. The average molecular weight is 396 g/mol. The molecule has 1 unspecified atom stereocenters. The van der Waals surface area contributed by atoms with Crippen molar-refractivity contribution in [2.45, 2.75) is 26.3 Å². The van der Waals surface area contributed by atoms with E-state index in [2.05, 4.69) is 10.6 Å². The van der Waals surface area contributed by atoms with Crippen LogP contribution < -0.4 is 24.8 Å². The number of benzene rings is 1. The van der Waals surface area contributed by atoms with Crippen molar-refractivity contribution in [3.05, 3.63) is 17.7 Å². The minimum absolute atomic E-state index is 0.0496. The zero-order valence-corrected chi connectivity index (χ0v) is 17.3. The number of hydrogen-bond acceptors (Lipinski definition) is 6. The number of nitrogens with one attached hydrogen (secondary N) is 2. The Bertz CT molecular complexity index is 645. The van der Waals surface area contributed by atoms with Crippen LogP contribution >= 0.6 is 0 Å². The second kappa shape index (κ2) is 11.0. The molecule has 0 radical (unpaired) electrons. The van der Waals surface area contributed by atoms with Gasteiger partial charge in [-0.15, -0.1) is 0 Å². The number of aliphatic hydroxyl groups excluding tert-OH is 1. The van der Waals surface area contributed by atoms with Gasteiger partial charge in [0.15, 0.2) is 17.5 Å². The molecule has 1 heterocycles. The molecule has 0 bridgehead atoms. The van der Waals surface area contributed by atoms with Crippen molar-refractivity contribution in [2.24, 2.45) is 10.4 Å². The molecule has 1 aliphatic rings. The van der Waals surface area contributed by atoms with Crippen LogP contribution in [0.25, 0.3) is 0 Å². The topological polar surface area (TPSA) is 93.6 Å². The van der Waals surface area contributed by atoms with E-state index in [0.29, 0.717) is 49.3 Å². The predicted octanol–water partition coefficient (Wildman–Crippen LogP) is 1.56. The van der Waals surface area contributed by atoms with Crippen LogP contribution in [0, 0.1) is 5.41 Å². The lowest BCUT2D eigenvalue weighted by Gasteiger charge is -2.27. The van der Waals surface area contributed by atoms with Gasteiger partial charge in [-0.2, -0.15) is 0 Å². The van der Waals surface area contributed by atoms with Crippen LogP contribution in [0.2, 0.25) is 0 Å². The standard InChI is InChI=1S/C20H33N3O5/c1-5-21-19(23-13-20(6-8-24)7-9-28-14-20)22-12-15-10-17(26-3)18(27-4)11-16(15)25-2/h10-11,24H,5-9,12-14H2,1-4H3,(H2,21,22,23). The molecule has 1 aliphatic heterocycles. The van der Waals surface area contributed by atoms with Gasteiger partial charge in [-0.3, -0.25) is 0 Å². The van der Waals surface area contributed by atoms with Gasteiger partial charge in [0.1, 0.15) is 5.75 Å². The molecule has 158 valence electrons. The first kappa shape index (κ1) is 22.1. The summed E-state index contributed by atoms with van der Waals surface area (Å²) in [6.07, 6.45) is 1.65. The molecule has 0 aliphatic carbocycles. The summed E-state index contributed by atoms with van der Waals surface area (Å²) in [5.41, 5.74) is 0.845. The fourth-order valence-corrected chi connectivity index (χ4v) is 3.30. The Balaban J connectivity index is 2.13. The highest BCUT2D eigenvalue weighted by atomic mass is 16.5. The van der Waals surface area contributed by atoms with Crippen molar-refractivity contribution in [3.8, 4) is 17.2 Å². The number of nitrogens with zero attached hydrogens (tertiary/aromatic N) is 1. The second-order valence-corrected chi connectivity index (χ2v) is 6.84. The SMILES string of the molecule is CCNC(=NCc1cc(OC)c(OC)cc1OC)NCC1(CCO)CCOC1. The molecule has 1 aromatic rings. The van der Waals surface area contributed by atoms with Crippen LogP contribution in [-0.4, -0.2) is 65.3 Å². The first-order chi connectivity index (χ1) is 13.6. The fourth-order valence-electron chi connectivity index (χ4n) is 3.30. The molecule has 1 atom stereocenters.